The van der Waals surface area contributed by atoms with Gasteiger partial charge < -0.3 is 25.4 Å². The molecule has 0 atom stereocenters. The molecule has 0 bridgehead atoms. The van der Waals surface area contributed by atoms with Crippen LogP contribution in [0.1, 0.15) is 13.8 Å². The number of nitrogens with one attached hydrogen (secondary N) is 3. The Morgan fingerprint density at radius 2 is 1.54 bits per heavy atom. The van der Waals surface area contributed by atoms with E-state index in [0.717, 1.165) is 5.75 Å². The van der Waals surface area contributed by atoms with Gasteiger partial charge in [0.25, 0.3) is 0 Å². The summed E-state index contributed by atoms with van der Waals surface area (Å²) >= 11 is 0. The van der Waals surface area contributed by atoms with Gasteiger partial charge in [0.2, 0.25) is 5.91 Å². The van der Waals surface area contributed by atoms with Gasteiger partial charge in [0.1, 0.15) is 18.1 Å². The first-order chi connectivity index (χ1) is 12.6. The second kappa shape index (κ2) is 9.93. The van der Waals surface area contributed by atoms with E-state index < -0.39 is 0 Å². The van der Waals surface area contributed by atoms with Gasteiger partial charge in [0.15, 0.2) is 0 Å². The van der Waals surface area contributed by atoms with Crippen LogP contribution < -0.4 is 25.4 Å². The fourth-order valence-corrected chi connectivity index (χ4v) is 2.17. The van der Waals surface area contributed by atoms with Crippen molar-refractivity contribution in [3.8, 4) is 11.5 Å². The van der Waals surface area contributed by atoms with Crippen LogP contribution in [-0.4, -0.2) is 31.7 Å². The molecule has 2 aromatic rings. The number of hydrogen-bond acceptors (Lipinski definition) is 4. The first kappa shape index (κ1) is 19.1. The van der Waals surface area contributed by atoms with Gasteiger partial charge in [-0.25, -0.2) is 4.79 Å². The number of anilines is 2. The predicted octanol–water partition coefficient (Wildman–Crippen LogP) is 3.24. The molecule has 0 aliphatic heterocycles. The molecule has 0 saturated heterocycles. The van der Waals surface area contributed by atoms with E-state index in [1.807, 2.05) is 25.1 Å². The lowest BCUT2D eigenvalue weighted by Gasteiger charge is -2.10. The van der Waals surface area contributed by atoms with Gasteiger partial charge in [0, 0.05) is 24.4 Å². The van der Waals surface area contributed by atoms with Gasteiger partial charge in [-0.15, -0.1) is 0 Å². The molecule has 3 N–H and O–H groups in total. The smallest absolute Gasteiger partial charge is 0.319 e. The number of carbonyl (C=O) groups excluding carboxylic acids is 2. The lowest BCUT2D eigenvalue weighted by Crippen LogP contribution is -2.32. The summed E-state index contributed by atoms with van der Waals surface area (Å²) in [6, 6.07) is 13.9. The molecule has 0 aromatic heterocycles. The van der Waals surface area contributed by atoms with Crippen LogP contribution in [0, 0.1) is 0 Å². The van der Waals surface area contributed by atoms with Crippen molar-refractivity contribution in [3.05, 3.63) is 48.5 Å². The monoisotopic (exact) mass is 357 g/mol. The second-order valence-electron chi connectivity index (χ2n) is 5.40. The fraction of sp³-hybridized carbons (Fsp3) is 0.263. The van der Waals surface area contributed by atoms with E-state index in [4.69, 9.17) is 9.47 Å². The summed E-state index contributed by atoms with van der Waals surface area (Å²) in [5.74, 6) is 1.29. The van der Waals surface area contributed by atoms with Crippen LogP contribution in [-0.2, 0) is 4.79 Å². The quantitative estimate of drug-likeness (QED) is 0.633. The Morgan fingerprint density at radius 3 is 2.15 bits per heavy atom. The zero-order valence-electron chi connectivity index (χ0n) is 14.9. The molecular weight excluding hydrogens is 334 g/mol. The van der Waals surface area contributed by atoms with E-state index >= 15 is 0 Å². The average Bonchev–Trinajstić information content (AvgIpc) is 2.61. The maximum absolute atomic E-state index is 11.9. The van der Waals surface area contributed by atoms with Crippen LogP contribution in [0.15, 0.2) is 48.5 Å². The molecular formula is C19H23N3O4. The summed E-state index contributed by atoms with van der Waals surface area (Å²) in [7, 11) is 0. The Hall–Kier alpha value is -3.22. The number of benzene rings is 2. The van der Waals surface area contributed by atoms with Crippen LogP contribution >= 0.6 is 0 Å². The Kier molecular flexibility index (Phi) is 7.30. The molecule has 0 aliphatic carbocycles. The average molecular weight is 357 g/mol. The topological polar surface area (TPSA) is 88.7 Å². The normalized spacial score (nSPS) is 9.92. The van der Waals surface area contributed by atoms with Gasteiger partial charge >= 0.3 is 6.03 Å². The maximum atomic E-state index is 11.9. The van der Waals surface area contributed by atoms with Crippen molar-refractivity contribution < 1.29 is 19.1 Å². The van der Waals surface area contributed by atoms with E-state index in [1.54, 1.807) is 30.3 Å². The van der Waals surface area contributed by atoms with E-state index in [0.29, 0.717) is 36.9 Å². The molecule has 0 heterocycles. The minimum Gasteiger partial charge on any atom is -0.494 e. The van der Waals surface area contributed by atoms with Gasteiger partial charge in [0.05, 0.1) is 13.2 Å². The summed E-state index contributed by atoms with van der Waals surface area (Å²) in [5.41, 5.74) is 1.30. The minimum atomic E-state index is -0.330. The Labute approximate surface area is 152 Å². The zero-order chi connectivity index (χ0) is 18.8. The molecule has 7 heteroatoms. The fourth-order valence-electron chi connectivity index (χ4n) is 2.17. The third kappa shape index (κ3) is 6.72. The second-order valence-corrected chi connectivity index (χ2v) is 5.40. The van der Waals surface area contributed by atoms with Crippen molar-refractivity contribution in [1.29, 1.82) is 0 Å². The third-order valence-corrected chi connectivity index (χ3v) is 3.24. The summed E-state index contributed by atoms with van der Waals surface area (Å²) in [5, 5.41) is 8.08. The molecule has 3 amide bonds. The van der Waals surface area contributed by atoms with Crippen LogP contribution in [0.4, 0.5) is 16.2 Å². The number of ether oxygens (including phenoxy) is 2. The summed E-state index contributed by atoms with van der Waals surface area (Å²) < 4.78 is 11.0. The third-order valence-electron chi connectivity index (χ3n) is 3.24. The number of hydrogen-bond donors (Lipinski definition) is 3. The molecule has 2 rings (SSSR count). The molecule has 7 nitrogen and oxygen atoms in total. The first-order valence-electron chi connectivity index (χ1n) is 8.35. The summed E-state index contributed by atoms with van der Waals surface area (Å²) in [6.07, 6.45) is 0. The van der Waals surface area contributed by atoms with Crippen LogP contribution in [0.2, 0.25) is 0 Å². The number of rotatable bonds is 8. The molecule has 26 heavy (non-hydrogen) atoms. The van der Waals surface area contributed by atoms with Crippen molar-refractivity contribution in [2.24, 2.45) is 0 Å². The highest BCUT2D eigenvalue weighted by Crippen LogP contribution is 2.19. The zero-order valence-corrected chi connectivity index (χ0v) is 14.9. The molecule has 0 fully saturated rings. The Balaban J connectivity index is 1.70. The van der Waals surface area contributed by atoms with Gasteiger partial charge in [-0.3, -0.25) is 4.79 Å². The maximum Gasteiger partial charge on any atom is 0.319 e. The van der Waals surface area contributed by atoms with Crippen molar-refractivity contribution in [1.82, 2.24) is 5.32 Å². The summed E-state index contributed by atoms with van der Waals surface area (Å²) in [4.78, 5) is 22.8. The van der Waals surface area contributed by atoms with Crippen LogP contribution in [0.3, 0.4) is 0 Å². The molecule has 0 aliphatic rings. The van der Waals surface area contributed by atoms with Crippen molar-refractivity contribution in [2.45, 2.75) is 13.8 Å². The molecule has 0 unspecified atom stereocenters. The molecule has 0 radical (unpaired) electrons. The molecule has 0 spiro atoms. The van der Waals surface area contributed by atoms with Gasteiger partial charge in [-0.05, 0) is 43.3 Å². The Bertz CT molecular complexity index is 732. The van der Waals surface area contributed by atoms with E-state index in [-0.39, 0.29) is 11.9 Å². The van der Waals surface area contributed by atoms with Crippen LogP contribution in [0.5, 0.6) is 11.5 Å². The van der Waals surface area contributed by atoms with Crippen molar-refractivity contribution >= 4 is 23.3 Å². The van der Waals surface area contributed by atoms with Gasteiger partial charge in [-0.1, -0.05) is 6.07 Å². The molecule has 138 valence electrons. The standard InChI is InChI=1S/C19H23N3O4/c1-3-25-17-5-4-6-18(13-17)26-12-11-20-19(24)22-16-9-7-15(8-10-16)21-14(2)23/h4-10,13H,3,11-12H2,1-2H3,(H,21,23)(H2,20,22,24). The number of amides is 3. The SMILES string of the molecule is CCOc1cccc(OCCNC(=O)Nc2ccc(NC(C)=O)cc2)c1. The van der Waals surface area contributed by atoms with Gasteiger partial charge in [-0.2, -0.15) is 0 Å². The highest BCUT2D eigenvalue weighted by molar-refractivity contribution is 5.91. The summed E-state index contributed by atoms with van der Waals surface area (Å²) in [6.45, 7) is 4.65. The lowest BCUT2D eigenvalue weighted by molar-refractivity contribution is -0.114. The van der Waals surface area contributed by atoms with E-state index in [9.17, 15) is 9.59 Å². The van der Waals surface area contributed by atoms with E-state index in [1.165, 1.54) is 6.92 Å². The highest BCUT2D eigenvalue weighted by atomic mass is 16.5. The number of urea groups is 1. The van der Waals surface area contributed by atoms with Crippen LogP contribution in [0.25, 0.3) is 0 Å². The Morgan fingerprint density at radius 1 is 0.923 bits per heavy atom. The highest BCUT2D eigenvalue weighted by Gasteiger charge is 2.03. The number of carbonyl (C=O) groups is 2. The molecule has 0 saturated carbocycles. The van der Waals surface area contributed by atoms with Crippen molar-refractivity contribution in [2.75, 3.05) is 30.4 Å². The minimum absolute atomic E-state index is 0.143. The van der Waals surface area contributed by atoms with E-state index in [2.05, 4.69) is 16.0 Å². The van der Waals surface area contributed by atoms with Crippen molar-refractivity contribution in [3.63, 3.8) is 0 Å². The predicted molar refractivity (Wildman–Crippen MR) is 101 cm³/mol. The largest absolute Gasteiger partial charge is 0.494 e. The molecule has 2 aromatic carbocycles. The first-order valence-corrected chi connectivity index (χ1v) is 8.35. The lowest BCUT2D eigenvalue weighted by atomic mass is 10.3.